The highest BCUT2D eigenvalue weighted by atomic mass is 15.1. The van der Waals surface area contributed by atoms with E-state index in [9.17, 15) is 0 Å². The molecule has 0 saturated heterocycles. The van der Waals surface area contributed by atoms with E-state index in [0.29, 0.717) is 0 Å². The molecule has 0 aromatic carbocycles. The number of rotatable bonds is 3. The Labute approximate surface area is 74.2 Å². The Morgan fingerprint density at radius 3 is 2.25 bits per heavy atom. The minimum absolute atomic E-state index is 0.739. The van der Waals surface area contributed by atoms with Gasteiger partial charge in [-0.25, -0.2) is 0 Å². The highest BCUT2D eigenvalue weighted by Crippen LogP contribution is 2.00. The average Bonchev–Trinajstić information content (AvgIpc) is 2.11. The van der Waals surface area contributed by atoms with Crippen LogP contribution in [0.5, 0.6) is 0 Å². The van der Waals surface area contributed by atoms with Gasteiger partial charge in [-0.15, -0.1) is 0 Å². The molecule has 0 bridgehead atoms. The van der Waals surface area contributed by atoms with Crippen LogP contribution >= 0.6 is 0 Å². The number of hydrogen-bond acceptors (Lipinski definition) is 1. The van der Waals surface area contributed by atoms with Gasteiger partial charge in [0.15, 0.2) is 0 Å². The maximum absolute atomic E-state index is 6.78. The van der Waals surface area contributed by atoms with E-state index in [1.807, 2.05) is 32.9 Å². The van der Waals surface area contributed by atoms with E-state index < -0.39 is 0 Å². The SMILES string of the molecule is C=CC(C)=C/C=C(C)\C(C)=N\[NH-]. The second-order valence-corrected chi connectivity index (χ2v) is 2.66. The molecule has 0 rings (SSSR count). The summed E-state index contributed by atoms with van der Waals surface area (Å²) >= 11 is 0. The molecule has 1 N–H and O–H groups in total. The van der Waals surface area contributed by atoms with E-state index in [0.717, 1.165) is 16.9 Å². The van der Waals surface area contributed by atoms with Crippen molar-refractivity contribution in [3.63, 3.8) is 0 Å². The summed E-state index contributed by atoms with van der Waals surface area (Å²) in [6.45, 7) is 9.36. The first-order valence-corrected chi connectivity index (χ1v) is 3.80. The van der Waals surface area contributed by atoms with Crippen LogP contribution in [0.25, 0.3) is 5.84 Å². The first-order valence-electron chi connectivity index (χ1n) is 3.80. The number of nitrogens with zero attached hydrogens (tertiary/aromatic N) is 1. The summed E-state index contributed by atoms with van der Waals surface area (Å²) in [4.78, 5) is 0. The molecule has 0 unspecified atom stereocenters. The fraction of sp³-hybridized carbons (Fsp3) is 0.300. The zero-order valence-corrected chi connectivity index (χ0v) is 7.89. The summed E-state index contributed by atoms with van der Waals surface area (Å²) in [6, 6.07) is 0. The molecule has 0 saturated carbocycles. The van der Waals surface area contributed by atoms with Crippen molar-refractivity contribution in [2.24, 2.45) is 5.10 Å². The average molecular weight is 163 g/mol. The van der Waals surface area contributed by atoms with Crippen molar-refractivity contribution >= 4 is 5.71 Å². The summed E-state index contributed by atoms with van der Waals surface area (Å²) in [7, 11) is 0. The summed E-state index contributed by atoms with van der Waals surface area (Å²) in [5, 5.41) is 3.34. The molecule has 0 fully saturated rings. The Morgan fingerprint density at radius 2 is 1.83 bits per heavy atom. The van der Waals surface area contributed by atoms with Crippen molar-refractivity contribution in [2.75, 3.05) is 0 Å². The van der Waals surface area contributed by atoms with Gasteiger partial charge in [0, 0.05) is 5.71 Å². The van der Waals surface area contributed by atoms with E-state index in [-0.39, 0.29) is 0 Å². The summed E-state index contributed by atoms with van der Waals surface area (Å²) < 4.78 is 0. The molecule has 0 atom stereocenters. The third-order valence-electron chi connectivity index (χ3n) is 1.66. The van der Waals surface area contributed by atoms with Gasteiger partial charge >= 0.3 is 0 Å². The molecule has 0 aliphatic carbocycles. The van der Waals surface area contributed by atoms with Gasteiger partial charge in [0.2, 0.25) is 0 Å². The summed E-state index contributed by atoms with van der Waals surface area (Å²) in [5.74, 6) is 6.78. The first-order chi connectivity index (χ1) is 5.61. The molecule has 0 heterocycles. The quantitative estimate of drug-likeness (QED) is 0.347. The molecular weight excluding hydrogens is 148 g/mol. The van der Waals surface area contributed by atoms with E-state index in [2.05, 4.69) is 11.7 Å². The van der Waals surface area contributed by atoms with Crippen molar-refractivity contribution in [1.82, 2.24) is 0 Å². The van der Waals surface area contributed by atoms with Crippen molar-refractivity contribution in [3.05, 3.63) is 41.8 Å². The Hall–Kier alpha value is -1.31. The van der Waals surface area contributed by atoms with Crippen LogP contribution in [-0.4, -0.2) is 5.71 Å². The van der Waals surface area contributed by atoms with E-state index in [1.54, 1.807) is 6.08 Å². The smallest absolute Gasteiger partial charge is 0.0172 e. The van der Waals surface area contributed by atoms with Gasteiger partial charge < -0.3 is 10.9 Å². The summed E-state index contributed by atoms with van der Waals surface area (Å²) in [5.41, 5.74) is 2.85. The van der Waals surface area contributed by atoms with Crippen LogP contribution in [0.4, 0.5) is 0 Å². The van der Waals surface area contributed by atoms with Gasteiger partial charge in [0.1, 0.15) is 0 Å². The molecule has 0 aromatic rings. The van der Waals surface area contributed by atoms with Gasteiger partial charge in [-0.3, -0.25) is 0 Å². The lowest BCUT2D eigenvalue weighted by Gasteiger charge is -2.00. The third kappa shape index (κ3) is 3.76. The van der Waals surface area contributed by atoms with Crippen molar-refractivity contribution in [3.8, 4) is 0 Å². The molecule has 2 heteroatoms. The Balaban J connectivity index is 4.48. The maximum Gasteiger partial charge on any atom is 0.0172 e. The van der Waals surface area contributed by atoms with Gasteiger partial charge in [-0.2, -0.15) is 0 Å². The minimum atomic E-state index is 0.739. The minimum Gasteiger partial charge on any atom is -0.616 e. The van der Waals surface area contributed by atoms with Crippen LogP contribution in [0.3, 0.4) is 0 Å². The molecule has 12 heavy (non-hydrogen) atoms. The number of allylic oxidation sites excluding steroid dienone is 5. The second-order valence-electron chi connectivity index (χ2n) is 2.66. The summed E-state index contributed by atoms with van der Waals surface area (Å²) in [6.07, 6.45) is 5.68. The molecule has 2 nitrogen and oxygen atoms in total. The molecule has 0 radical (unpaired) electrons. The topological polar surface area (TPSA) is 36.2 Å². The Bertz CT molecular complexity index is 245. The third-order valence-corrected chi connectivity index (χ3v) is 1.66. The van der Waals surface area contributed by atoms with Crippen molar-refractivity contribution in [2.45, 2.75) is 20.8 Å². The highest BCUT2D eigenvalue weighted by molar-refractivity contribution is 5.98. The monoisotopic (exact) mass is 163 g/mol. The Morgan fingerprint density at radius 1 is 1.25 bits per heavy atom. The molecule has 0 aliphatic rings. The fourth-order valence-corrected chi connectivity index (χ4v) is 0.533. The lowest BCUT2D eigenvalue weighted by atomic mass is 10.1. The van der Waals surface area contributed by atoms with Crippen molar-refractivity contribution in [1.29, 1.82) is 0 Å². The second kappa shape index (κ2) is 5.35. The van der Waals surface area contributed by atoms with Gasteiger partial charge in [0.25, 0.3) is 0 Å². The fourth-order valence-electron chi connectivity index (χ4n) is 0.533. The number of hydrogen-bond donors (Lipinski definition) is 0. The van der Waals surface area contributed by atoms with Crippen LogP contribution in [0.2, 0.25) is 0 Å². The van der Waals surface area contributed by atoms with Crippen LogP contribution in [0.15, 0.2) is 41.1 Å². The molecule has 0 spiro atoms. The van der Waals surface area contributed by atoms with Gasteiger partial charge in [-0.05, 0) is 26.3 Å². The largest absolute Gasteiger partial charge is 0.616 e. The molecule has 0 aromatic heterocycles. The lowest BCUT2D eigenvalue weighted by molar-refractivity contribution is 1.46. The van der Waals surface area contributed by atoms with Crippen LogP contribution in [0.1, 0.15) is 20.8 Å². The Kier molecular flexibility index (Phi) is 4.77. The predicted octanol–water partition coefficient (Wildman–Crippen LogP) is 3.49. The van der Waals surface area contributed by atoms with Gasteiger partial charge in [0.05, 0.1) is 0 Å². The molecule has 0 aliphatic heterocycles. The standard InChI is InChI=1S/C10H15N2/c1-5-8(2)6-7-9(3)10(4)12-11/h5-7,11H,1H2,2-4H3/q-1/b8-6?,9-7-,12-10+. The molecule has 0 amide bonds. The van der Waals surface area contributed by atoms with E-state index >= 15 is 0 Å². The van der Waals surface area contributed by atoms with Gasteiger partial charge in [-0.1, -0.05) is 30.4 Å². The zero-order valence-electron chi connectivity index (χ0n) is 7.89. The van der Waals surface area contributed by atoms with E-state index in [1.165, 1.54) is 0 Å². The van der Waals surface area contributed by atoms with E-state index in [4.69, 9.17) is 5.84 Å². The zero-order chi connectivity index (χ0) is 9.56. The molecular formula is C10H15N2-. The predicted molar refractivity (Wildman–Crippen MR) is 55.1 cm³/mol. The first kappa shape index (κ1) is 10.7. The van der Waals surface area contributed by atoms with Crippen LogP contribution in [-0.2, 0) is 0 Å². The highest BCUT2D eigenvalue weighted by Gasteiger charge is 1.88. The molecule has 66 valence electrons. The van der Waals surface area contributed by atoms with Crippen LogP contribution in [0, 0.1) is 0 Å². The lowest BCUT2D eigenvalue weighted by Crippen LogP contribution is -1.90. The normalized spacial score (nSPS) is 14.8. The van der Waals surface area contributed by atoms with Crippen LogP contribution < -0.4 is 0 Å². The van der Waals surface area contributed by atoms with Crippen molar-refractivity contribution < 1.29 is 0 Å². The maximum atomic E-state index is 6.78. The number of nitrogens with one attached hydrogen (secondary N) is 1.